The van der Waals surface area contributed by atoms with E-state index in [9.17, 15) is 13.2 Å². The van der Waals surface area contributed by atoms with E-state index in [2.05, 4.69) is 0 Å². The number of rotatable bonds is 5. The van der Waals surface area contributed by atoms with E-state index in [4.69, 9.17) is 4.42 Å². The number of sulfonamides is 1. The summed E-state index contributed by atoms with van der Waals surface area (Å²) < 4.78 is 32.5. The van der Waals surface area contributed by atoms with Crippen molar-refractivity contribution < 1.29 is 17.6 Å². The molecule has 0 saturated carbocycles. The summed E-state index contributed by atoms with van der Waals surface area (Å²) in [5, 5.41) is 0. The molecule has 0 aliphatic carbocycles. The Kier molecular flexibility index (Phi) is 4.03. The average molecular weight is 347 g/mol. The molecule has 0 unspecified atom stereocenters. The van der Waals surface area contributed by atoms with Gasteiger partial charge in [-0.25, -0.2) is 12.7 Å². The van der Waals surface area contributed by atoms with Crippen molar-refractivity contribution in [2.24, 2.45) is 5.41 Å². The van der Waals surface area contributed by atoms with Gasteiger partial charge in [0.2, 0.25) is 5.91 Å². The monoisotopic (exact) mass is 347 g/mol. The topological polar surface area (TPSA) is 67.6 Å². The number of nitrogens with zero attached hydrogens (tertiary/aromatic N) is 1. The summed E-state index contributed by atoms with van der Waals surface area (Å²) in [6, 6.07) is 9.38. The van der Waals surface area contributed by atoms with E-state index in [1.54, 1.807) is 24.3 Å². The summed E-state index contributed by atoms with van der Waals surface area (Å²) in [7, 11) is -3.91. The Balaban J connectivity index is 2.09. The molecule has 1 aliphatic heterocycles. The quantitative estimate of drug-likeness (QED) is 0.774. The van der Waals surface area contributed by atoms with Crippen LogP contribution in [0.3, 0.4) is 0 Å². The second kappa shape index (κ2) is 5.77. The van der Waals surface area contributed by atoms with Crippen molar-refractivity contribution in [1.29, 1.82) is 0 Å². The summed E-state index contributed by atoms with van der Waals surface area (Å²) in [5.74, 6) is 0.156. The fraction of sp³-hybridized carbons (Fsp3) is 0.389. The first kappa shape index (κ1) is 16.8. The lowest BCUT2D eigenvalue weighted by atomic mass is 9.67. The van der Waals surface area contributed by atoms with Crippen LogP contribution in [0.25, 0.3) is 0 Å². The van der Waals surface area contributed by atoms with Crippen molar-refractivity contribution in [1.82, 2.24) is 4.31 Å². The number of β-lactam (4-membered cyclic amide) rings is 1. The van der Waals surface area contributed by atoms with Gasteiger partial charge in [-0.3, -0.25) is 4.79 Å². The summed E-state index contributed by atoms with van der Waals surface area (Å²) in [6.45, 7) is 5.70. The van der Waals surface area contributed by atoms with Crippen LogP contribution >= 0.6 is 0 Å². The number of hydrogen-bond acceptors (Lipinski definition) is 4. The number of benzene rings is 1. The van der Waals surface area contributed by atoms with Crippen molar-refractivity contribution >= 4 is 15.9 Å². The van der Waals surface area contributed by atoms with E-state index >= 15 is 0 Å². The number of hydrogen-bond donors (Lipinski definition) is 0. The lowest BCUT2D eigenvalue weighted by Crippen LogP contribution is -2.64. The average Bonchev–Trinajstić information content (AvgIpc) is 3.07. The molecule has 1 amide bonds. The Labute approximate surface area is 142 Å². The van der Waals surface area contributed by atoms with Crippen LogP contribution in [0.4, 0.5) is 0 Å². The van der Waals surface area contributed by atoms with Crippen molar-refractivity contribution in [3.05, 3.63) is 54.0 Å². The van der Waals surface area contributed by atoms with Gasteiger partial charge in [0.05, 0.1) is 16.6 Å². The molecule has 1 atom stereocenters. The first-order valence-electron chi connectivity index (χ1n) is 8.07. The van der Waals surface area contributed by atoms with Gasteiger partial charge in [0, 0.05) is 0 Å². The summed E-state index contributed by atoms with van der Waals surface area (Å²) in [6.07, 6.45) is 2.63. The van der Waals surface area contributed by atoms with Crippen molar-refractivity contribution in [2.75, 3.05) is 0 Å². The van der Waals surface area contributed by atoms with Crippen LogP contribution in [0, 0.1) is 12.3 Å². The molecule has 24 heavy (non-hydrogen) atoms. The van der Waals surface area contributed by atoms with Gasteiger partial charge in [-0.1, -0.05) is 31.5 Å². The highest BCUT2D eigenvalue weighted by molar-refractivity contribution is 7.89. The molecule has 1 aliphatic rings. The van der Waals surface area contributed by atoms with Crippen LogP contribution < -0.4 is 0 Å². The van der Waals surface area contributed by atoms with Gasteiger partial charge in [-0.05, 0) is 44.0 Å². The Hall–Kier alpha value is -2.08. The largest absolute Gasteiger partial charge is 0.467 e. The van der Waals surface area contributed by atoms with E-state index in [-0.39, 0.29) is 10.8 Å². The normalized spacial score (nSPS) is 20.0. The van der Waals surface area contributed by atoms with Crippen LogP contribution in [0.2, 0.25) is 0 Å². The van der Waals surface area contributed by atoms with Crippen LogP contribution in [-0.2, 0) is 14.8 Å². The third-order valence-corrected chi connectivity index (χ3v) is 6.80. The second-order valence-electron chi connectivity index (χ2n) is 6.20. The van der Waals surface area contributed by atoms with Crippen molar-refractivity contribution in [3.8, 4) is 0 Å². The maximum absolute atomic E-state index is 13.0. The second-order valence-corrected chi connectivity index (χ2v) is 8.02. The highest BCUT2D eigenvalue weighted by atomic mass is 32.2. The molecule has 0 bridgehead atoms. The van der Waals surface area contributed by atoms with E-state index in [0.717, 1.165) is 9.87 Å². The first-order chi connectivity index (χ1) is 11.4. The molecule has 5 nitrogen and oxygen atoms in total. The minimum absolute atomic E-state index is 0.124. The summed E-state index contributed by atoms with van der Waals surface area (Å²) >= 11 is 0. The standard InChI is InChI=1S/C18H21NO4S/c1-4-18(5-2)16(15-7-6-12-23-15)19(17(18)20)24(21,22)14-10-8-13(3)9-11-14/h6-12,16H,4-5H2,1-3H3/t16-/m0/s1. The van der Waals surface area contributed by atoms with Gasteiger partial charge in [-0.15, -0.1) is 0 Å². The highest BCUT2D eigenvalue weighted by Crippen LogP contribution is 2.56. The number of aryl methyl sites for hydroxylation is 1. The zero-order valence-electron chi connectivity index (χ0n) is 14.0. The van der Waals surface area contributed by atoms with Crippen molar-refractivity contribution in [2.45, 2.75) is 44.6 Å². The zero-order chi connectivity index (χ0) is 17.5. The van der Waals surface area contributed by atoms with Gasteiger partial charge in [-0.2, -0.15) is 0 Å². The van der Waals surface area contributed by atoms with Crippen molar-refractivity contribution in [3.63, 3.8) is 0 Å². The predicted molar refractivity (Wildman–Crippen MR) is 89.7 cm³/mol. The third-order valence-electron chi connectivity index (χ3n) is 5.04. The Bertz CT molecular complexity index is 834. The SMILES string of the molecule is CCC1(CC)C(=O)N(S(=O)(=O)c2ccc(C)cc2)[C@H]1c1ccco1. The molecule has 6 heteroatoms. The van der Waals surface area contributed by atoms with E-state index in [1.165, 1.54) is 18.4 Å². The highest BCUT2D eigenvalue weighted by Gasteiger charge is 2.64. The van der Waals surface area contributed by atoms with Crippen LogP contribution in [0.1, 0.15) is 44.1 Å². The molecule has 1 aromatic carbocycles. The maximum Gasteiger partial charge on any atom is 0.267 e. The molecule has 2 aromatic rings. The first-order valence-corrected chi connectivity index (χ1v) is 9.51. The van der Waals surface area contributed by atoms with Crippen LogP contribution in [-0.4, -0.2) is 18.6 Å². The molecule has 3 rings (SSSR count). The van der Waals surface area contributed by atoms with Gasteiger partial charge >= 0.3 is 0 Å². The van der Waals surface area contributed by atoms with Gasteiger partial charge in [0.15, 0.2) is 0 Å². The molecule has 2 heterocycles. The van der Waals surface area contributed by atoms with Crippen LogP contribution in [0.5, 0.6) is 0 Å². The van der Waals surface area contributed by atoms with E-state index < -0.39 is 21.5 Å². The zero-order valence-corrected chi connectivity index (χ0v) is 14.8. The number of carbonyl (C=O) groups excluding carboxylic acids is 1. The maximum atomic E-state index is 13.0. The smallest absolute Gasteiger partial charge is 0.267 e. The lowest BCUT2D eigenvalue weighted by molar-refractivity contribution is -0.163. The molecule has 128 valence electrons. The summed E-state index contributed by atoms with van der Waals surface area (Å²) in [5.41, 5.74) is 0.234. The van der Waals surface area contributed by atoms with Gasteiger partial charge in [0.1, 0.15) is 11.8 Å². The fourth-order valence-electron chi connectivity index (χ4n) is 3.46. The number of amides is 1. The Morgan fingerprint density at radius 2 is 1.75 bits per heavy atom. The molecule has 1 aromatic heterocycles. The van der Waals surface area contributed by atoms with Crippen LogP contribution in [0.15, 0.2) is 52.0 Å². The molecule has 0 radical (unpaired) electrons. The molecular weight excluding hydrogens is 326 g/mol. The fourth-order valence-corrected chi connectivity index (χ4v) is 5.15. The number of furan rings is 1. The van der Waals surface area contributed by atoms with E-state index in [1.807, 2.05) is 20.8 Å². The molecular formula is C18H21NO4S. The minimum Gasteiger partial charge on any atom is -0.467 e. The predicted octanol–water partition coefficient (Wildman–Crippen LogP) is 3.67. The van der Waals surface area contributed by atoms with E-state index in [0.29, 0.717) is 18.6 Å². The summed E-state index contributed by atoms with van der Waals surface area (Å²) in [4.78, 5) is 13.0. The Morgan fingerprint density at radius 1 is 1.12 bits per heavy atom. The molecule has 0 spiro atoms. The molecule has 1 fully saturated rings. The number of carbonyl (C=O) groups is 1. The third kappa shape index (κ3) is 2.20. The lowest BCUT2D eigenvalue weighted by Gasteiger charge is -2.53. The Morgan fingerprint density at radius 3 is 2.25 bits per heavy atom. The van der Waals surface area contributed by atoms with Gasteiger partial charge in [0.25, 0.3) is 10.0 Å². The molecule has 0 N–H and O–H groups in total. The molecule has 1 saturated heterocycles. The minimum atomic E-state index is -3.91. The van der Waals surface area contributed by atoms with Gasteiger partial charge < -0.3 is 4.42 Å².